The van der Waals surface area contributed by atoms with E-state index in [1.807, 2.05) is 6.08 Å². The number of fused-ring (bicyclic) bond motifs is 1. The lowest BCUT2D eigenvalue weighted by Crippen LogP contribution is -2.25. The van der Waals surface area contributed by atoms with E-state index in [0.717, 1.165) is 24.7 Å². The minimum absolute atomic E-state index is 0.362. The molecule has 1 saturated carbocycles. The fourth-order valence-electron chi connectivity index (χ4n) is 3.39. The number of carbonyl (C=O) groups is 1. The summed E-state index contributed by atoms with van der Waals surface area (Å²) in [5.74, 6) is 1.98. The maximum Gasteiger partial charge on any atom is 0.155 e. The molecule has 1 heteroatoms. The van der Waals surface area contributed by atoms with Gasteiger partial charge in [0, 0.05) is 6.42 Å². The van der Waals surface area contributed by atoms with E-state index in [1.54, 1.807) is 0 Å². The summed E-state index contributed by atoms with van der Waals surface area (Å²) in [4.78, 5) is 11.4. The van der Waals surface area contributed by atoms with E-state index >= 15 is 0 Å². The SMILES string of the molecule is CC(C)(C)CC1CCC2=CC(=O)CCC2C1. The third-order valence-corrected chi connectivity index (χ3v) is 3.97. The number of carbonyl (C=O) groups excluding carboxylic acids is 1. The van der Waals surface area contributed by atoms with E-state index in [0.29, 0.717) is 11.2 Å². The van der Waals surface area contributed by atoms with E-state index in [9.17, 15) is 4.79 Å². The minimum Gasteiger partial charge on any atom is -0.295 e. The summed E-state index contributed by atoms with van der Waals surface area (Å²) in [6.45, 7) is 7.01. The van der Waals surface area contributed by atoms with Gasteiger partial charge in [-0.2, -0.15) is 0 Å². The second kappa shape index (κ2) is 4.35. The molecule has 2 atom stereocenters. The van der Waals surface area contributed by atoms with Crippen molar-refractivity contribution in [3.63, 3.8) is 0 Å². The molecule has 16 heavy (non-hydrogen) atoms. The highest BCUT2D eigenvalue weighted by atomic mass is 16.1. The van der Waals surface area contributed by atoms with E-state index < -0.39 is 0 Å². The molecule has 2 unspecified atom stereocenters. The van der Waals surface area contributed by atoms with Crippen LogP contribution < -0.4 is 0 Å². The molecule has 0 aromatic carbocycles. The zero-order valence-corrected chi connectivity index (χ0v) is 10.9. The molecule has 90 valence electrons. The van der Waals surface area contributed by atoms with E-state index in [4.69, 9.17) is 0 Å². The first kappa shape index (κ1) is 11.9. The summed E-state index contributed by atoms with van der Waals surface area (Å²) in [6, 6.07) is 0. The Balaban J connectivity index is 1.97. The summed E-state index contributed by atoms with van der Waals surface area (Å²) >= 11 is 0. The number of hydrogen-bond donors (Lipinski definition) is 0. The lowest BCUT2D eigenvalue weighted by molar-refractivity contribution is -0.115. The Morgan fingerprint density at radius 3 is 2.69 bits per heavy atom. The van der Waals surface area contributed by atoms with Crippen LogP contribution in [-0.4, -0.2) is 5.78 Å². The van der Waals surface area contributed by atoms with Gasteiger partial charge in [0.05, 0.1) is 0 Å². The van der Waals surface area contributed by atoms with Crippen molar-refractivity contribution in [2.75, 3.05) is 0 Å². The van der Waals surface area contributed by atoms with Crippen LogP contribution in [0.15, 0.2) is 11.6 Å². The van der Waals surface area contributed by atoms with Gasteiger partial charge in [-0.3, -0.25) is 4.79 Å². The predicted octanol–water partition coefficient (Wildman–Crippen LogP) is 4.13. The number of hydrogen-bond acceptors (Lipinski definition) is 1. The maximum atomic E-state index is 11.4. The Morgan fingerprint density at radius 1 is 1.25 bits per heavy atom. The van der Waals surface area contributed by atoms with Gasteiger partial charge in [0.15, 0.2) is 5.78 Å². The van der Waals surface area contributed by atoms with E-state index in [2.05, 4.69) is 20.8 Å². The molecule has 0 aromatic rings. The first-order chi connectivity index (χ1) is 7.44. The Hall–Kier alpha value is -0.590. The number of allylic oxidation sites excluding steroid dienone is 2. The summed E-state index contributed by atoms with van der Waals surface area (Å²) in [5, 5.41) is 0. The van der Waals surface area contributed by atoms with Gasteiger partial charge in [-0.15, -0.1) is 0 Å². The molecule has 1 nitrogen and oxygen atoms in total. The first-order valence-electron chi connectivity index (χ1n) is 6.67. The highest BCUT2D eigenvalue weighted by Gasteiger charge is 2.30. The summed E-state index contributed by atoms with van der Waals surface area (Å²) in [7, 11) is 0. The summed E-state index contributed by atoms with van der Waals surface area (Å²) < 4.78 is 0. The zero-order valence-electron chi connectivity index (χ0n) is 10.9. The van der Waals surface area contributed by atoms with Crippen LogP contribution in [0.5, 0.6) is 0 Å². The highest BCUT2D eigenvalue weighted by Crippen LogP contribution is 2.42. The monoisotopic (exact) mass is 220 g/mol. The molecule has 1 fully saturated rings. The van der Waals surface area contributed by atoms with Gasteiger partial charge >= 0.3 is 0 Å². The van der Waals surface area contributed by atoms with E-state index in [1.165, 1.54) is 31.3 Å². The van der Waals surface area contributed by atoms with Crippen molar-refractivity contribution in [3.05, 3.63) is 11.6 Å². The lowest BCUT2D eigenvalue weighted by Gasteiger charge is -2.36. The largest absolute Gasteiger partial charge is 0.295 e. The van der Waals surface area contributed by atoms with Crippen molar-refractivity contribution >= 4 is 5.78 Å². The first-order valence-corrected chi connectivity index (χ1v) is 6.67. The molecular weight excluding hydrogens is 196 g/mol. The standard InChI is InChI=1S/C15H24O/c1-15(2,3)10-11-4-5-13-9-14(16)7-6-12(13)8-11/h9,11-12H,4-8,10H2,1-3H3. The van der Waals surface area contributed by atoms with Crippen LogP contribution in [0.1, 0.15) is 59.3 Å². The van der Waals surface area contributed by atoms with Crippen molar-refractivity contribution in [1.82, 2.24) is 0 Å². The van der Waals surface area contributed by atoms with Crippen LogP contribution in [0.25, 0.3) is 0 Å². The van der Waals surface area contributed by atoms with Crippen molar-refractivity contribution in [2.45, 2.75) is 59.3 Å². The maximum absolute atomic E-state index is 11.4. The number of rotatable bonds is 1. The molecule has 2 aliphatic carbocycles. The highest BCUT2D eigenvalue weighted by molar-refractivity contribution is 5.91. The molecule has 0 bridgehead atoms. The Labute approximate surface area is 99.3 Å². The fourth-order valence-corrected chi connectivity index (χ4v) is 3.39. The third-order valence-electron chi connectivity index (χ3n) is 3.97. The zero-order chi connectivity index (χ0) is 11.8. The van der Waals surface area contributed by atoms with Crippen LogP contribution in [-0.2, 0) is 4.79 Å². The van der Waals surface area contributed by atoms with Gasteiger partial charge in [0.1, 0.15) is 0 Å². The quantitative estimate of drug-likeness (QED) is 0.649. The molecule has 0 aromatic heterocycles. The van der Waals surface area contributed by atoms with Crippen LogP contribution in [0.4, 0.5) is 0 Å². The molecule has 2 aliphatic rings. The molecule has 0 spiro atoms. The molecule has 0 radical (unpaired) electrons. The van der Waals surface area contributed by atoms with Crippen LogP contribution in [0.3, 0.4) is 0 Å². The van der Waals surface area contributed by atoms with E-state index in [-0.39, 0.29) is 0 Å². The normalized spacial score (nSPS) is 30.9. The molecular formula is C15H24O. The van der Waals surface area contributed by atoms with Gasteiger partial charge < -0.3 is 0 Å². The van der Waals surface area contributed by atoms with Gasteiger partial charge in [0.25, 0.3) is 0 Å². The average molecular weight is 220 g/mol. The molecule has 0 aliphatic heterocycles. The van der Waals surface area contributed by atoms with Gasteiger partial charge in [-0.1, -0.05) is 26.3 Å². The Morgan fingerprint density at radius 2 is 2.00 bits per heavy atom. The molecule has 0 amide bonds. The van der Waals surface area contributed by atoms with Gasteiger partial charge in [-0.05, 0) is 55.4 Å². The Kier molecular flexibility index (Phi) is 3.23. The molecule has 0 saturated heterocycles. The minimum atomic E-state index is 0.362. The summed E-state index contributed by atoms with van der Waals surface area (Å²) in [5.41, 5.74) is 1.91. The van der Waals surface area contributed by atoms with Crippen molar-refractivity contribution in [1.29, 1.82) is 0 Å². The topological polar surface area (TPSA) is 17.1 Å². The van der Waals surface area contributed by atoms with Crippen LogP contribution >= 0.6 is 0 Å². The average Bonchev–Trinajstić information content (AvgIpc) is 2.16. The van der Waals surface area contributed by atoms with Crippen LogP contribution in [0, 0.1) is 17.3 Å². The van der Waals surface area contributed by atoms with Crippen molar-refractivity contribution in [3.8, 4) is 0 Å². The summed E-state index contributed by atoms with van der Waals surface area (Å²) in [6.07, 6.45) is 8.99. The number of ketones is 1. The third kappa shape index (κ3) is 2.96. The fraction of sp³-hybridized carbons (Fsp3) is 0.800. The molecule has 0 N–H and O–H groups in total. The van der Waals surface area contributed by atoms with Gasteiger partial charge in [0.2, 0.25) is 0 Å². The smallest absolute Gasteiger partial charge is 0.155 e. The van der Waals surface area contributed by atoms with Crippen molar-refractivity contribution < 1.29 is 4.79 Å². The second-order valence-corrected chi connectivity index (χ2v) is 6.83. The second-order valence-electron chi connectivity index (χ2n) is 6.83. The van der Waals surface area contributed by atoms with Crippen LogP contribution in [0.2, 0.25) is 0 Å². The Bertz CT molecular complexity index is 306. The van der Waals surface area contributed by atoms with Crippen molar-refractivity contribution in [2.24, 2.45) is 17.3 Å². The van der Waals surface area contributed by atoms with Gasteiger partial charge in [-0.25, -0.2) is 0 Å². The molecule has 2 rings (SSSR count). The predicted molar refractivity (Wildman–Crippen MR) is 67.2 cm³/mol. The lowest BCUT2D eigenvalue weighted by atomic mass is 9.69. The molecule has 0 heterocycles.